The van der Waals surface area contributed by atoms with Crippen LogP contribution in [-0.2, 0) is 11.2 Å². The van der Waals surface area contributed by atoms with Crippen molar-refractivity contribution in [3.63, 3.8) is 0 Å². The molecule has 2 aromatic carbocycles. The molecule has 28 heavy (non-hydrogen) atoms. The highest BCUT2D eigenvalue weighted by Crippen LogP contribution is 2.41. The van der Waals surface area contributed by atoms with E-state index in [0.29, 0.717) is 12.3 Å². The highest BCUT2D eigenvalue weighted by Gasteiger charge is 2.25. The second-order valence-electron chi connectivity index (χ2n) is 8.10. The molecule has 5 rings (SSSR count). The van der Waals surface area contributed by atoms with Gasteiger partial charge in [-0.05, 0) is 36.5 Å². The SMILES string of the molecule is O=C(CC1CCCCC1)Nc1ccc2c(c1)Cc1c(-c3ccccc3)n[nH]c1-2. The van der Waals surface area contributed by atoms with E-state index in [1.807, 2.05) is 24.3 Å². The minimum atomic E-state index is 0.148. The first-order valence-electron chi connectivity index (χ1n) is 10.3. The van der Waals surface area contributed by atoms with E-state index < -0.39 is 0 Å². The molecule has 1 amide bonds. The second-order valence-corrected chi connectivity index (χ2v) is 8.10. The molecule has 0 atom stereocenters. The van der Waals surface area contributed by atoms with Crippen LogP contribution in [0.2, 0.25) is 0 Å². The van der Waals surface area contributed by atoms with Gasteiger partial charge in [0.05, 0.1) is 11.4 Å². The zero-order valence-electron chi connectivity index (χ0n) is 16.0. The van der Waals surface area contributed by atoms with Gasteiger partial charge in [0, 0.05) is 35.2 Å². The number of rotatable bonds is 4. The Kier molecular flexibility index (Phi) is 4.47. The molecule has 3 aromatic rings. The van der Waals surface area contributed by atoms with Gasteiger partial charge in [-0.15, -0.1) is 0 Å². The zero-order chi connectivity index (χ0) is 18.9. The molecule has 1 aromatic heterocycles. The molecule has 2 aliphatic rings. The molecule has 0 radical (unpaired) electrons. The van der Waals surface area contributed by atoms with Crippen molar-refractivity contribution in [2.75, 3.05) is 5.32 Å². The van der Waals surface area contributed by atoms with Gasteiger partial charge in [-0.1, -0.05) is 55.7 Å². The fourth-order valence-electron chi connectivity index (χ4n) is 4.71. The summed E-state index contributed by atoms with van der Waals surface area (Å²) in [6.45, 7) is 0. The lowest BCUT2D eigenvalue weighted by molar-refractivity contribution is -0.117. The quantitative estimate of drug-likeness (QED) is 0.494. The third kappa shape index (κ3) is 3.24. The van der Waals surface area contributed by atoms with Gasteiger partial charge in [-0.25, -0.2) is 0 Å². The van der Waals surface area contributed by atoms with Crippen molar-refractivity contribution < 1.29 is 4.79 Å². The van der Waals surface area contributed by atoms with Crippen LogP contribution in [0, 0.1) is 5.92 Å². The summed E-state index contributed by atoms with van der Waals surface area (Å²) in [4.78, 5) is 12.5. The first-order valence-corrected chi connectivity index (χ1v) is 10.3. The number of hydrogen-bond donors (Lipinski definition) is 2. The maximum absolute atomic E-state index is 12.5. The zero-order valence-corrected chi connectivity index (χ0v) is 16.0. The predicted molar refractivity (Wildman–Crippen MR) is 112 cm³/mol. The van der Waals surface area contributed by atoms with Crippen LogP contribution in [-0.4, -0.2) is 16.1 Å². The monoisotopic (exact) mass is 371 g/mol. The normalized spacial score (nSPS) is 15.9. The Morgan fingerprint density at radius 1 is 1.07 bits per heavy atom. The predicted octanol–water partition coefficient (Wildman–Crippen LogP) is 5.56. The van der Waals surface area contributed by atoms with Crippen molar-refractivity contribution in [1.82, 2.24) is 10.2 Å². The summed E-state index contributed by atoms with van der Waals surface area (Å²) in [7, 11) is 0. The number of aromatic nitrogens is 2. The van der Waals surface area contributed by atoms with Crippen molar-refractivity contribution in [3.8, 4) is 22.5 Å². The lowest BCUT2D eigenvalue weighted by Gasteiger charge is -2.20. The van der Waals surface area contributed by atoms with Crippen LogP contribution in [0.3, 0.4) is 0 Å². The van der Waals surface area contributed by atoms with E-state index in [1.54, 1.807) is 0 Å². The number of benzene rings is 2. The van der Waals surface area contributed by atoms with Crippen molar-refractivity contribution in [2.24, 2.45) is 5.92 Å². The highest BCUT2D eigenvalue weighted by atomic mass is 16.1. The summed E-state index contributed by atoms with van der Waals surface area (Å²) in [5, 5.41) is 10.9. The molecule has 2 N–H and O–H groups in total. The van der Waals surface area contributed by atoms with Crippen LogP contribution in [0.15, 0.2) is 48.5 Å². The van der Waals surface area contributed by atoms with Gasteiger partial charge in [0.15, 0.2) is 0 Å². The molecular formula is C24H25N3O. The van der Waals surface area contributed by atoms with E-state index in [1.165, 1.54) is 48.8 Å². The molecule has 4 nitrogen and oxygen atoms in total. The number of nitrogens with one attached hydrogen (secondary N) is 2. The number of amides is 1. The lowest BCUT2D eigenvalue weighted by atomic mass is 9.87. The van der Waals surface area contributed by atoms with Crippen LogP contribution in [0.4, 0.5) is 5.69 Å². The van der Waals surface area contributed by atoms with Gasteiger partial charge >= 0.3 is 0 Å². The molecule has 1 heterocycles. The van der Waals surface area contributed by atoms with E-state index in [0.717, 1.165) is 29.1 Å². The molecule has 0 saturated heterocycles. The number of nitrogens with zero attached hydrogens (tertiary/aromatic N) is 1. The van der Waals surface area contributed by atoms with Gasteiger partial charge in [-0.2, -0.15) is 5.10 Å². The molecule has 0 unspecified atom stereocenters. The molecule has 4 heteroatoms. The maximum atomic E-state index is 12.5. The molecule has 0 spiro atoms. The Bertz CT molecular complexity index is 1000. The minimum Gasteiger partial charge on any atom is -0.326 e. The summed E-state index contributed by atoms with van der Waals surface area (Å²) in [6, 6.07) is 16.5. The number of aromatic amines is 1. The Morgan fingerprint density at radius 2 is 1.89 bits per heavy atom. The average Bonchev–Trinajstić information content (AvgIpc) is 3.28. The maximum Gasteiger partial charge on any atom is 0.224 e. The topological polar surface area (TPSA) is 57.8 Å². The third-order valence-corrected chi connectivity index (χ3v) is 6.14. The Hall–Kier alpha value is -2.88. The number of anilines is 1. The van der Waals surface area contributed by atoms with Crippen LogP contribution in [0.25, 0.3) is 22.5 Å². The van der Waals surface area contributed by atoms with Crippen molar-refractivity contribution in [1.29, 1.82) is 0 Å². The molecule has 142 valence electrons. The van der Waals surface area contributed by atoms with Crippen LogP contribution in [0.1, 0.15) is 49.7 Å². The average molecular weight is 371 g/mol. The number of hydrogen-bond acceptors (Lipinski definition) is 2. The number of carbonyl (C=O) groups excluding carboxylic acids is 1. The van der Waals surface area contributed by atoms with Crippen molar-refractivity contribution in [3.05, 3.63) is 59.7 Å². The Labute approximate surface area is 165 Å². The van der Waals surface area contributed by atoms with Crippen molar-refractivity contribution >= 4 is 11.6 Å². The van der Waals surface area contributed by atoms with E-state index in [9.17, 15) is 4.79 Å². The largest absolute Gasteiger partial charge is 0.326 e. The summed E-state index contributed by atoms with van der Waals surface area (Å²) in [6.07, 6.45) is 7.75. The van der Waals surface area contributed by atoms with Crippen molar-refractivity contribution in [2.45, 2.75) is 44.9 Å². The second kappa shape index (κ2) is 7.27. The van der Waals surface area contributed by atoms with Crippen LogP contribution in [0.5, 0.6) is 0 Å². The summed E-state index contributed by atoms with van der Waals surface area (Å²) in [5.74, 6) is 0.706. The summed E-state index contributed by atoms with van der Waals surface area (Å²) < 4.78 is 0. The van der Waals surface area contributed by atoms with Gasteiger partial charge in [-0.3, -0.25) is 9.89 Å². The van der Waals surface area contributed by atoms with Gasteiger partial charge in [0.2, 0.25) is 5.91 Å². The minimum absolute atomic E-state index is 0.148. The molecule has 0 bridgehead atoms. The highest BCUT2D eigenvalue weighted by molar-refractivity contribution is 5.92. The third-order valence-electron chi connectivity index (χ3n) is 6.14. The summed E-state index contributed by atoms with van der Waals surface area (Å²) >= 11 is 0. The number of fused-ring (bicyclic) bond motifs is 3. The smallest absolute Gasteiger partial charge is 0.224 e. The molecule has 0 aliphatic heterocycles. The number of carbonyl (C=O) groups is 1. The first kappa shape index (κ1) is 17.2. The fourth-order valence-corrected chi connectivity index (χ4v) is 4.71. The Balaban J connectivity index is 1.32. The van der Waals surface area contributed by atoms with E-state index in [-0.39, 0.29) is 5.91 Å². The van der Waals surface area contributed by atoms with Gasteiger partial charge < -0.3 is 5.32 Å². The number of H-pyrrole nitrogens is 1. The first-order chi connectivity index (χ1) is 13.8. The molecule has 1 saturated carbocycles. The molecule has 2 aliphatic carbocycles. The van der Waals surface area contributed by atoms with Gasteiger partial charge in [0.1, 0.15) is 0 Å². The Morgan fingerprint density at radius 3 is 2.71 bits per heavy atom. The fraction of sp³-hybridized carbons (Fsp3) is 0.333. The van der Waals surface area contributed by atoms with E-state index >= 15 is 0 Å². The molecular weight excluding hydrogens is 346 g/mol. The standard InChI is InChI=1S/C24H25N3O/c28-22(13-16-7-3-1-4-8-16)25-19-11-12-20-18(14-19)15-21-23(26-27-24(20)21)17-9-5-2-6-10-17/h2,5-6,9-12,14,16H,1,3-4,7-8,13,15H2,(H,25,28)(H,26,27). The van der Waals surface area contributed by atoms with Crippen LogP contribution < -0.4 is 5.32 Å². The van der Waals surface area contributed by atoms with E-state index in [2.05, 4.69) is 39.8 Å². The van der Waals surface area contributed by atoms with E-state index in [4.69, 9.17) is 0 Å². The molecule has 1 fully saturated rings. The van der Waals surface area contributed by atoms with Crippen LogP contribution >= 0.6 is 0 Å². The summed E-state index contributed by atoms with van der Waals surface area (Å²) in [5.41, 5.74) is 7.84. The van der Waals surface area contributed by atoms with Gasteiger partial charge in [0.25, 0.3) is 0 Å². The lowest BCUT2D eigenvalue weighted by Crippen LogP contribution is -2.18.